The standard InChI is InChI=1S/C16H25ClFN3O8/c1-2-3-4-5-6-11(18)21(28)15(26)12(23)10(8-22)29-16(15,27)20-7-9(17)13(24)19-14(20)25/h7,10-12,22-23,26-28H,2-6,8H2,1H3,(H,19,24,25)/t10-,11?,12-,15-,16+/m1/s1. The molecule has 1 aliphatic heterocycles. The topological polar surface area (TPSA) is 168 Å². The van der Waals surface area contributed by atoms with Gasteiger partial charge < -0.3 is 30.4 Å². The second-order valence-corrected chi connectivity index (χ2v) is 7.26. The summed E-state index contributed by atoms with van der Waals surface area (Å²) in [5.74, 6) is -3.31. The van der Waals surface area contributed by atoms with Crippen molar-refractivity contribution in [3.05, 3.63) is 32.1 Å². The molecule has 1 unspecified atom stereocenters. The van der Waals surface area contributed by atoms with Gasteiger partial charge in [0, 0.05) is 6.20 Å². The number of unbranched alkanes of at least 4 members (excludes halogenated alkanes) is 3. The lowest BCUT2D eigenvalue weighted by Gasteiger charge is -2.43. The maximum Gasteiger partial charge on any atom is 0.332 e. The lowest BCUT2D eigenvalue weighted by Crippen LogP contribution is -2.69. The highest BCUT2D eigenvalue weighted by atomic mass is 35.5. The third kappa shape index (κ3) is 4.11. The molecule has 29 heavy (non-hydrogen) atoms. The van der Waals surface area contributed by atoms with Crippen LogP contribution in [0.3, 0.4) is 0 Å². The van der Waals surface area contributed by atoms with Crippen molar-refractivity contribution >= 4 is 11.6 Å². The molecule has 0 saturated carbocycles. The number of hydroxylamine groups is 2. The second kappa shape index (κ2) is 9.18. The number of hydrogen-bond donors (Lipinski definition) is 6. The Morgan fingerprint density at radius 3 is 2.62 bits per heavy atom. The minimum Gasteiger partial charge on any atom is -0.394 e. The van der Waals surface area contributed by atoms with Gasteiger partial charge in [-0.05, 0) is 12.8 Å². The van der Waals surface area contributed by atoms with E-state index in [2.05, 4.69) is 0 Å². The van der Waals surface area contributed by atoms with E-state index in [1.54, 1.807) is 4.98 Å². The van der Waals surface area contributed by atoms with Gasteiger partial charge in [-0.3, -0.25) is 9.78 Å². The van der Waals surface area contributed by atoms with E-state index in [1.165, 1.54) is 0 Å². The molecular weight excluding hydrogens is 417 g/mol. The van der Waals surface area contributed by atoms with Gasteiger partial charge in [0.1, 0.15) is 17.2 Å². The van der Waals surface area contributed by atoms with Gasteiger partial charge in [-0.1, -0.05) is 37.8 Å². The van der Waals surface area contributed by atoms with Crippen molar-refractivity contribution in [3.63, 3.8) is 0 Å². The molecule has 0 aromatic carbocycles. The number of nitrogens with one attached hydrogen (secondary N) is 1. The molecule has 1 aliphatic rings. The number of hydrogen-bond acceptors (Lipinski definition) is 9. The number of halogens is 2. The Hall–Kier alpha value is -1.38. The van der Waals surface area contributed by atoms with Crippen molar-refractivity contribution < 1.29 is 34.8 Å². The van der Waals surface area contributed by atoms with Crippen LogP contribution in [-0.2, 0) is 10.6 Å². The summed E-state index contributed by atoms with van der Waals surface area (Å²) >= 11 is 5.65. The van der Waals surface area contributed by atoms with Gasteiger partial charge in [0.15, 0.2) is 6.30 Å². The van der Waals surface area contributed by atoms with E-state index >= 15 is 0 Å². The minimum absolute atomic E-state index is 0.183. The van der Waals surface area contributed by atoms with Gasteiger partial charge in [0.2, 0.25) is 5.72 Å². The summed E-state index contributed by atoms with van der Waals surface area (Å²) in [5, 5.41) is 51.0. The number of aromatic nitrogens is 2. The zero-order valence-electron chi connectivity index (χ0n) is 15.7. The minimum atomic E-state index is -3.34. The second-order valence-electron chi connectivity index (χ2n) is 6.85. The summed E-state index contributed by atoms with van der Waals surface area (Å²) in [6, 6.07) is 0. The SMILES string of the molecule is CCCCCCC(F)N(O)[C@@]1(O)[C@H](O)[C@@H](CO)O[C@]1(O)n1cc(Cl)c(=O)[nH]c1=O. The zero-order valence-corrected chi connectivity index (χ0v) is 16.4. The van der Waals surface area contributed by atoms with Crippen molar-refractivity contribution in [2.75, 3.05) is 6.61 Å². The number of aliphatic hydroxyl groups is 4. The monoisotopic (exact) mass is 441 g/mol. The van der Waals surface area contributed by atoms with Gasteiger partial charge in [-0.25, -0.2) is 13.8 Å². The molecule has 166 valence electrons. The normalized spacial score (nSPS) is 30.8. The molecular formula is C16H25ClFN3O8. The molecule has 11 nitrogen and oxygen atoms in total. The summed E-state index contributed by atoms with van der Waals surface area (Å²) in [6.07, 6.45) is -3.27. The lowest BCUT2D eigenvalue weighted by atomic mass is 10.00. The Labute approximate surface area is 169 Å². The number of aromatic amines is 1. The summed E-state index contributed by atoms with van der Waals surface area (Å²) < 4.78 is 19.8. The highest BCUT2D eigenvalue weighted by molar-refractivity contribution is 6.30. The molecule has 1 aromatic rings. The van der Waals surface area contributed by atoms with Crippen LogP contribution in [0.25, 0.3) is 0 Å². The number of H-pyrrole nitrogens is 1. The Kier molecular flexibility index (Phi) is 7.57. The number of aliphatic hydroxyl groups excluding tert-OH is 2. The van der Waals surface area contributed by atoms with Crippen LogP contribution in [0.4, 0.5) is 4.39 Å². The molecule has 2 rings (SSSR count). The highest BCUT2D eigenvalue weighted by Crippen LogP contribution is 2.44. The predicted octanol–water partition coefficient (Wildman–Crippen LogP) is -0.810. The van der Waals surface area contributed by atoms with Crippen LogP contribution < -0.4 is 11.2 Å². The number of ether oxygens (including phenoxy) is 1. The van der Waals surface area contributed by atoms with Crippen molar-refractivity contribution in [1.82, 2.24) is 14.6 Å². The largest absolute Gasteiger partial charge is 0.394 e. The first-order chi connectivity index (χ1) is 13.5. The molecule has 0 amide bonds. The van der Waals surface area contributed by atoms with Crippen LogP contribution in [0.5, 0.6) is 0 Å². The number of alkyl halides is 1. The van der Waals surface area contributed by atoms with Gasteiger partial charge in [0.05, 0.1) is 6.61 Å². The lowest BCUT2D eigenvalue weighted by molar-refractivity contribution is -0.428. The number of nitrogens with zero attached hydrogens (tertiary/aromatic N) is 2. The molecule has 1 saturated heterocycles. The van der Waals surface area contributed by atoms with E-state index < -0.39 is 53.0 Å². The molecule has 5 atom stereocenters. The third-order valence-corrected chi connectivity index (χ3v) is 5.14. The third-order valence-electron chi connectivity index (χ3n) is 4.88. The molecule has 1 aromatic heterocycles. The summed E-state index contributed by atoms with van der Waals surface area (Å²) in [4.78, 5) is 25.4. The maximum absolute atomic E-state index is 14.6. The Morgan fingerprint density at radius 2 is 2.03 bits per heavy atom. The van der Waals surface area contributed by atoms with Crippen LogP contribution in [0, 0.1) is 0 Å². The van der Waals surface area contributed by atoms with E-state index in [-0.39, 0.29) is 16.1 Å². The first-order valence-corrected chi connectivity index (χ1v) is 9.48. The van der Waals surface area contributed by atoms with Gasteiger partial charge >= 0.3 is 11.6 Å². The smallest absolute Gasteiger partial charge is 0.332 e. The van der Waals surface area contributed by atoms with E-state index in [1.807, 2.05) is 6.92 Å². The average Bonchev–Trinajstić information content (AvgIpc) is 2.89. The highest BCUT2D eigenvalue weighted by Gasteiger charge is 2.71. The fourth-order valence-electron chi connectivity index (χ4n) is 3.22. The summed E-state index contributed by atoms with van der Waals surface area (Å²) in [6.45, 7) is 0.987. The van der Waals surface area contributed by atoms with Crippen molar-refractivity contribution in [2.24, 2.45) is 0 Å². The molecule has 1 fully saturated rings. The molecule has 2 heterocycles. The summed E-state index contributed by atoms with van der Waals surface area (Å²) in [7, 11) is 0. The molecule has 0 spiro atoms. The fraction of sp³-hybridized carbons (Fsp3) is 0.750. The van der Waals surface area contributed by atoms with E-state index in [0.29, 0.717) is 19.0 Å². The fourth-order valence-corrected chi connectivity index (χ4v) is 3.36. The molecule has 0 radical (unpaired) electrons. The van der Waals surface area contributed by atoms with Crippen LogP contribution in [-0.4, -0.2) is 71.1 Å². The van der Waals surface area contributed by atoms with Crippen LogP contribution in [0.15, 0.2) is 15.8 Å². The molecule has 6 N–H and O–H groups in total. The maximum atomic E-state index is 14.6. The van der Waals surface area contributed by atoms with Crippen molar-refractivity contribution in [3.8, 4) is 0 Å². The molecule has 13 heteroatoms. The predicted molar refractivity (Wildman–Crippen MR) is 96.7 cm³/mol. The van der Waals surface area contributed by atoms with Gasteiger partial charge in [0.25, 0.3) is 5.56 Å². The van der Waals surface area contributed by atoms with Gasteiger partial charge in [-0.15, -0.1) is 5.06 Å². The van der Waals surface area contributed by atoms with Crippen molar-refractivity contribution in [1.29, 1.82) is 0 Å². The van der Waals surface area contributed by atoms with Crippen LogP contribution in [0.1, 0.15) is 39.0 Å². The van der Waals surface area contributed by atoms with E-state index in [9.17, 15) is 39.6 Å². The summed E-state index contributed by atoms with van der Waals surface area (Å²) in [5.41, 5.74) is -5.69. The molecule has 0 bridgehead atoms. The Balaban J connectivity index is 2.48. The first kappa shape index (κ1) is 23.9. The van der Waals surface area contributed by atoms with Gasteiger partial charge in [-0.2, -0.15) is 0 Å². The zero-order chi connectivity index (χ0) is 22.0. The number of rotatable bonds is 9. The quantitative estimate of drug-likeness (QED) is 0.124. The van der Waals surface area contributed by atoms with Crippen LogP contribution >= 0.6 is 11.6 Å². The van der Waals surface area contributed by atoms with Crippen LogP contribution in [0.2, 0.25) is 5.02 Å². The Bertz CT molecular complexity index is 822. The first-order valence-electron chi connectivity index (χ1n) is 9.10. The van der Waals surface area contributed by atoms with E-state index in [4.69, 9.17) is 16.3 Å². The van der Waals surface area contributed by atoms with Crippen molar-refractivity contribution in [2.45, 2.75) is 69.2 Å². The molecule has 0 aliphatic carbocycles. The average molecular weight is 442 g/mol. The van der Waals surface area contributed by atoms with E-state index in [0.717, 1.165) is 12.8 Å². The Morgan fingerprint density at radius 1 is 1.38 bits per heavy atom.